The Labute approximate surface area is 200 Å². The zero-order valence-corrected chi connectivity index (χ0v) is 20.3. The van der Waals surface area contributed by atoms with Gasteiger partial charge in [-0.25, -0.2) is 0 Å². The van der Waals surface area contributed by atoms with E-state index >= 15 is 0 Å². The van der Waals surface area contributed by atoms with Crippen LogP contribution < -0.4 is 14.4 Å². The molecule has 1 atom stereocenters. The molecule has 2 aromatic carbocycles. The third-order valence-electron chi connectivity index (χ3n) is 6.08. The van der Waals surface area contributed by atoms with Crippen LogP contribution in [0.3, 0.4) is 0 Å². The number of aliphatic hydroxyl groups excluding tert-OH is 1. The molecule has 1 fully saturated rings. The van der Waals surface area contributed by atoms with Gasteiger partial charge in [-0.05, 0) is 43.7 Å². The van der Waals surface area contributed by atoms with Gasteiger partial charge in [-0.2, -0.15) is 0 Å². The van der Waals surface area contributed by atoms with Crippen LogP contribution in [0.4, 0.5) is 5.69 Å². The molecule has 8 heteroatoms. The Kier molecular flexibility index (Phi) is 8.17. The summed E-state index contributed by atoms with van der Waals surface area (Å²) in [6.45, 7) is 6.35. The van der Waals surface area contributed by atoms with Crippen LogP contribution in [0.25, 0.3) is 5.76 Å². The Morgan fingerprint density at radius 2 is 1.68 bits per heavy atom. The highest BCUT2D eigenvalue weighted by Gasteiger charge is 2.46. The summed E-state index contributed by atoms with van der Waals surface area (Å²) in [4.78, 5) is 29.8. The van der Waals surface area contributed by atoms with Gasteiger partial charge in [0.1, 0.15) is 17.3 Å². The number of carbonyl (C=O) groups is 2. The van der Waals surface area contributed by atoms with Gasteiger partial charge in [-0.1, -0.05) is 12.1 Å². The predicted octanol–water partition coefficient (Wildman–Crippen LogP) is 3.62. The van der Waals surface area contributed by atoms with Crippen LogP contribution in [0.2, 0.25) is 0 Å². The molecule has 0 radical (unpaired) electrons. The second-order valence-corrected chi connectivity index (χ2v) is 7.82. The Bertz CT molecular complexity index is 1060. The third-order valence-corrected chi connectivity index (χ3v) is 6.08. The first-order valence-electron chi connectivity index (χ1n) is 11.3. The second kappa shape index (κ2) is 11.1. The summed E-state index contributed by atoms with van der Waals surface area (Å²) < 4.78 is 15.8. The van der Waals surface area contributed by atoms with Crippen molar-refractivity contribution in [3.63, 3.8) is 0 Å². The van der Waals surface area contributed by atoms with E-state index in [1.807, 2.05) is 24.3 Å². The Morgan fingerprint density at radius 3 is 2.24 bits per heavy atom. The second-order valence-electron chi connectivity index (χ2n) is 7.82. The van der Waals surface area contributed by atoms with Crippen LogP contribution in [-0.4, -0.2) is 69.3 Å². The van der Waals surface area contributed by atoms with Crippen molar-refractivity contribution in [3.8, 4) is 11.5 Å². The number of benzene rings is 2. The molecule has 0 spiro atoms. The van der Waals surface area contributed by atoms with Gasteiger partial charge in [0.25, 0.3) is 11.7 Å². The molecular weight excluding hydrogens is 436 g/mol. The average Bonchev–Trinajstić information content (AvgIpc) is 3.12. The van der Waals surface area contributed by atoms with Crippen molar-refractivity contribution >= 4 is 23.1 Å². The standard InChI is InChI=1S/C26H32N2O6/c1-6-27(7-2)18-10-8-17(9-11-18)23-22(25(30)26(31)28(23)14-15-32-3)24(29)20-13-12-19(33-4)16-21(20)34-5/h8-13,16,23,29H,6-7,14-15H2,1-5H3/b24-22-. The molecule has 1 saturated heterocycles. The number of rotatable bonds is 10. The largest absolute Gasteiger partial charge is 0.507 e. The van der Waals surface area contributed by atoms with Crippen molar-refractivity contribution in [1.82, 2.24) is 4.90 Å². The van der Waals surface area contributed by atoms with Crippen LogP contribution in [0, 0.1) is 0 Å². The minimum atomic E-state index is -0.757. The van der Waals surface area contributed by atoms with E-state index in [1.54, 1.807) is 18.2 Å². The molecule has 1 unspecified atom stereocenters. The highest BCUT2D eigenvalue weighted by atomic mass is 16.5. The average molecular weight is 469 g/mol. The molecule has 0 aliphatic carbocycles. The van der Waals surface area contributed by atoms with Crippen LogP contribution >= 0.6 is 0 Å². The third kappa shape index (κ3) is 4.72. The van der Waals surface area contributed by atoms with Crippen LogP contribution in [0.15, 0.2) is 48.0 Å². The lowest BCUT2D eigenvalue weighted by Gasteiger charge is -2.26. The summed E-state index contributed by atoms with van der Waals surface area (Å²) in [5, 5.41) is 11.3. The van der Waals surface area contributed by atoms with Crippen LogP contribution in [-0.2, 0) is 14.3 Å². The Balaban J connectivity index is 2.16. The minimum Gasteiger partial charge on any atom is -0.507 e. The zero-order valence-electron chi connectivity index (χ0n) is 20.3. The maximum atomic E-state index is 13.1. The number of methoxy groups -OCH3 is 3. The number of aliphatic hydroxyl groups is 1. The fourth-order valence-corrected chi connectivity index (χ4v) is 4.24. The van der Waals surface area contributed by atoms with E-state index in [-0.39, 0.29) is 24.5 Å². The first-order valence-corrected chi connectivity index (χ1v) is 11.3. The van der Waals surface area contributed by atoms with Crippen LogP contribution in [0.5, 0.6) is 11.5 Å². The quantitative estimate of drug-likeness (QED) is 0.324. The monoisotopic (exact) mass is 468 g/mol. The van der Waals surface area contributed by atoms with Crippen molar-refractivity contribution in [2.45, 2.75) is 19.9 Å². The van der Waals surface area contributed by atoms with Crippen LogP contribution in [0.1, 0.15) is 31.0 Å². The predicted molar refractivity (Wildman–Crippen MR) is 130 cm³/mol. The number of Topliss-reactive ketones (excluding diaryl/α,β-unsaturated/α-hetero) is 1. The minimum absolute atomic E-state index is 0.0140. The maximum absolute atomic E-state index is 13.1. The van der Waals surface area contributed by atoms with Crippen molar-refractivity contribution in [2.75, 3.05) is 52.5 Å². The molecule has 3 rings (SSSR count). The number of anilines is 1. The lowest BCUT2D eigenvalue weighted by molar-refractivity contribution is -0.140. The fraction of sp³-hybridized carbons (Fsp3) is 0.385. The molecule has 0 bridgehead atoms. The van der Waals surface area contributed by atoms with Gasteiger partial charge in [-0.3, -0.25) is 9.59 Å². The van der Waals surface area contributed by atoms with E-state index in [1.165, 1.54) is 26.2 Å². The molecule has 1 aliphatic heterocycles. The van der Waals surface area contributed by atoms with E-state index in [4.69, 9.17) is 14.2 Å². The van der Waals surface area contributed by atoms with Gasteiger partial charge in [0, 0.05) is 38.5 Å². The molecular formula is C26H32N2O6. The van der Waals surface area contributed by atoms with Gasteiger partial charge in [0.15, 0.2) is 0 Å². The zero-order chi connectivity index (χ0) is 24.8. The first-order chi connectivity index (χ1) is 16.4. The first kappa shape index (κ1) is 25.1. The van der Waals surface area contributed by atoms with Crippen molar-refractivity contribution in [2.24, 2.45) is 0 Å². The molecule has 1 amide bonds. The molecule has 1 heterocycles. The molecule has 182 valence electrons. The lowest BCUT2D eigenvalue weighted by Crippen LogP contribution is -2.32. The van der Waals surface area contributed by atoms with Crippen molar-refractivity contribution in [1.29, 1.82) is 0 Å². The van der Waals surface area contributed by atoms with E-state index in [9.17, 15) is 14.7 Å². The molecule has 2 aromatic rings. The van der Waals surface area contributed by atoms with Gasteiger partial charge < -0.3 is 29.1 Å². The molecule has 1 N–H and O–H groups in total. The van der Waals surface area contributed by atoms with Crippen molar-refractivity contribution in [3.05, 3.63) is 59.2 Å². The summed E-state index contributed by atoms with van der Waals surface area (Å²) in [5.41, 5.74) is 2.08. The molecule has 34 heavy (non-hydrogen) atoms. The number of hydrogen-bond acceptors (Lipinski definition) is 7. The van der Waals surface area contributed by atoms with Gasteiger partial charge in [0.05, 0.1) is 38.0 Å². The topological polar surface area (TPSA) is 88.5 Å². The summed E-state index contributed by atoms with van der Waals surface area (Å²) in [6.07, 6.45) is 0. The summed E-state index contributed by atoms with van der Waals surface area (Å²) in [6, 6.07) is 11.8. The number of carbonyl (C=O) groups excluding carboxylic acids is 2. The normalized spacial score (nSPS) is 17.2. The number of ketones is 1. The lowest BCUT2D eigenvalue weighted by atomic mass is 9.94. The Morgan fingerprint density at radius 1 is 1.00 bits per heavy atom. The van der Waals surface area contributed by atoms with Gasteiger partial charge in [0.2, 0.25) is 0 Å². The van der Waals surface area contributed by atoms with Gasteiger partial charge >= 0.3 is 0 Å². The number of amides is 1. The Hall–Kier alpha value is -3.52. The highest BCUT2D eigenvalue weighted by Crippen LogP contribution is 2.41. The van der Waals surface area contributed by atoms with Crippen molar-refractivity contribution < 1.29 is 28.9 Å². The maximum Gasteiger partial charge on any atom is 0.295 e. The SMILES string of the molecule is CCN(CC)c1ccc(C2/C(=C(/O)c3ccc(OC)cc3OC)C(=O)C(=O)N2CCOC)cc1. The summed E-state index contributed by atoms with van der Waals surface area (Å²) >= 11 is 0. The van der Waals surface area contributed by atoms with E-state index in [2.05, 4.69) is 18.7 Å². The highest BCUT2D eigenvalue weighted by molar-refractivity contribution is 6.46. The number of likely N-dealkylation sites (tertiary alicyclic amines) is 1. The molecule has 1 aliphatic rings. The van der Waals surface area contributed by atoms with E-state index < -0.39 is 17.7 Å². The molecule has 0 aromatic heterocycles. The smallest absolute Gasteiger partial charge is 0.295 e. The summed E-state index contributed by atoms with van der Waals surface area (Å²) in [5.74, 6) is -0.850. The molecule has 0 saturated carbocycles. The fourth-order valence-electron chi connectivity index (χ4n) is 4.24. The number of ether oxygens (including phenoxy) is 3. The van der Waals surface area contributed by atoms with E-state index in [0.717, 1.165) is 24.3 Å². The van der Waals surface area contributed by atoms with Gasteiger partial charge in [-0.15, -0.1) is 0 Å². The number of hydrogen-bond donors (Lipinski definition) is 1. The van der Waals surface area contributed by atoms with E-state index in [0.29, 0.717) is 17.1 Å². The number of nitrogens with zero attached hydrogens (tertiary/aromatic N) is 2. The summed E-state index contributed by atoms with van der Waals surface area (Å²) in [7, 11) is 4.52. The molecule has 8 nitrogen and oxygen atoms in total.